The fourth-order valence-corrected chi connectivity index (χ4v) is 1.75. The van der Waals surface area contributed by atoms with Gasteiger partial charge in [0, 0.05) is 6.54 Å². The van der Waals surface area contributed by atoms with E-state index in [-0.39, 0.29) is 0 Å². The maximum absolute atomic E-state index is 8.78. The van der Waals surface area contributed by atoms with Gasteiger partial charge in [0.1, 0.15) is 11.8 Å². The van der Waals surface area contributed by atoms with Crippen LogP contribution in [-0.2, 0) is 6.54 Å². The summed E-state index contributed by atoms with van der Waals surface area (Å²) in [6, 6.07) is 11.8. The van der Waals surface area contributed by atoms with E-state index in [2.05, 4.69) is 10.3 Å². The average molecular weight is 256 g/mol. The van der Waals surface area contributed by atoms with E-state index in [0.717, 1.165) is 30.8 Å². The molecule has 5 heteroatoms. The smallest absolute Gasteiger partial charge is 0.185 e. The van der Waals surface area contributed by atoms with E-state index in [9.17, 15) is 0 Å². The summed E-state index contributed by atoms with van der Waals surface area (Å²) < 4.78 is 7.37. The Morgan fingerprint density at radius 1 is 1.26 bits per heavy atom. The molecule has 98 valence electrons. The topological polar surface area (TPSA) is 63.7 Å². The number of hydrogen-bond donors (Lipinski definition) is 0. The van der Waals surface area contributed by atoms with Crippen molar-refractivity contribution >= 4 is 0 Å². The summed E-state index contributed by atoms with van der Waals surface area (Å²) in [6.45, 7) is 3.31. The summed E-state index contributed by atoms with van der Waals surface area (Å²) >= 11 is 0. The first-order valence-corrected chi connectivity index (χ1v) is 6.29. The fraction of sp³-hybridized carbons (Fsp3) is 0.357. The van der Waals surface area contributed by atoms with Gasteiger partial charge in [0.25, 0.3) is 0 Å². The van der Waals surface area contributed by atoms with E-state index >= 15 is 0 Å². The molecule has 0 saturated heterocycles. The van der Waals surface area contributed by atoms with Crippen LogP contribution in [0.1, 0.15) is 24.2 Å². The standard InChI is InChI=1S/C14H16N4O/c1-12-14(11-15)16-17-18(12)9-5-6-10-19-13-7-3-2-4-8-13/h2-4,7-8H,5-6,9-10H2,1H3. The Kier molecular flexibility index (Phi) is 4.51. The Labute approximate surface area is 112 Å². The maximum atomic E-state index is 8.78. The van der Waals surface area contributed by atoms with Crippen molar-refractivity contribution in [1.29, 1.82) is 5.26 Å². The molecular weight excluding hydrogens is 240 g/mol. The first kappa shape index (κ1) is 13.1. The molecule has 1 aromatic carbocycles. The van der Waals surface area contributed by atoms with E-state index < -0.39 is 0 Å². The molecule has 0 radical (unpaired) electrons. The number of unbranched alkanes of at least 4 members (excludes halogenated alkanes) is 1. The van der Waals surface area contributed by atoms with Gasteiger partial charge in [-0.05, 0) is 31.9 Å². The van der Waals surface area contributed by atoms with Crippen LogP contribution >= 0.6 is 0 Å². The summed E-state index contributed by atoms with van der Waals surface area (Å²) in [6.07, 6.45) is 1.89. The van der Waals surface area contributed by atoms with Gasteiger partial charge in [-0.3, -0.25) is 0 Å². The van der Waals surface area contributed by atoms with Crippen LogP contribution in [0.2, 0.25) is 0 Å². The van der Waals surface area contributed by atoms with Crippen molar-refractivity contribution in [2.75, 3.05) is 6.61 Å². The Balaban J connectivity index is 1.70. The SMILES string of the molecule is Cc1c(C#N)nnn1CCCCOc1ccccc1. The van der Waals surface area contributed by atoms with Crippen molar-refractivity contribution in [3.05, 3.63) is 41.7 Å². The van der Waals surface area contributed by atoms with Gasteiger partial charge >= 0.3 is 0 Å². The second-order valence-corrected chi connectivity index (χ2v) is 4.23. The summed E-state index contributed by atoms with van der Waals surface area (Å²) in [5.41, 5.74) is 1.23. The summed E-state index contributed by atoms with van der Waals surface area (Å²) in [5.74, 6) is 0.895. The molecule has 5 nitrogen and oxygen atoms in total. The zero-order valence-corrected chi connectivity index (χ0v) is 10.9. The van der Waals surface area contributed by atoms with Gasteiger partial charge in [0.15, 0.2) is 5.69 Å². The average Bonchev–Trinajstić information content (AvgIpc) is 2.80. The van der Waals surface area contributed by atoms with Crippen LogP contribution in [0.3, 0.4) is 0 Å². The van der Waals surface area contributed by atoms with E-state index in [1.165, 1.54) is 0 Å². The molecule has 0 aliphatic heterocycles. The van der Waals surface area contributed by atoms with Crippen LogP contribution in [-0.4, -0.2) is 21.6 Å². The third-order valence-electron chi connectivity index (χ3n) is 2.86. The van der Waals surface area contributed by atoms with Gasteiger partial charge in [-0.15, -0.1) is 5.10 Å². The monoisotopic (exact) mass is 256 g/mol. The molecule has 0 bridgehead atoms. The molecule has 19 heavy (non-hydrogen) atoms. The number of benzene rings is 1. The van der Waals surface area contributed by atoms with Crippen molar-refractivity contribution < 1.29 is 4.74 Å². The third-order valence-corrected chi connectivity index (χ3v) is 2.86. The largest absolute Gasteiger partial charge is 0.494 e. The molecule has 0 fully saturated rings. The first-order valence-electron chi connectivity index (χ1n) is 6.29. The molecule has 0 N–H and O–H groups in total. The van der Waals surface area contributed by atoms with Crippen LogP contribution in [0, 0.1) is 18.3 Å². The minimum Gasteiger partial charge on any atom is -0.494 e. The van der Waals surface area contributed by atoms with Crippen LogP contribution in [0.15, 0.2) is 30.3 Å². The number of nitriles is 1. The first-order chi connectivity index (χ1) is 9.31. The van der Waals surface area contributed by atoms with E-state index in [4.69, 9.17) is 10.00 Å². The van der Waals surface area contributed by atoms with Crippen LogP contribution in [0.4, 0.5) is 0 Å². The van der Waals surface area contributed by atoms with Gasteiger partial charge in [-0.25, -0.2) is 4.68 Å². The molecule has 0 unspecified atom stereocenters. The molecule has 1 heterocycles. The second-order valence-electron chi connectivity index (χ2n) is 4.23. The zero-order chi connectivity index (χ0) is 13.5. The van der Waals surface area contributed by atoms with Crippen LogP contribution in [0.25, 0.3) is 0 Å². The Morgan fingerprint density at radius 2 is 2.05 bits per heavy atom. The number of hydrogen-bond acceptors (Lipinski definition) is 4. The Hall–Kier alpha value is -2.35. The Bertz CT molecular complexity index is 557. The minimum atomic E-state index is 0.403. The zero-order valence-electron chi connectivity index (χ0n) is 10.9. The molecule has 0 spiro atoms. The van der Waals surface area contributed by atoms with Gasteiger partial charge in [0.2, 0.25) is 0 Å². The summed E-state index contributed by atoms with van der Waals surface area (Å²) in [7, 11) is 0. The van der Waals surface area contributed by atoms with Crippen molar-refractivity contribution in [3.63, 3.8) is 0 Å². The van der Waals surface area contributed by atoms with E-state index in [1.54, 1.807) is 4.68 Å². The second kappa shape index (κ2) is 6.55. The minimum absolute atomic E-state index is 0.403. The lowest BCUT2D eigenvalue weighted by atomic mass is 10.3. The third kappa shape index (κ3) is 3.55. The maximum Gasteiger partial charge on any atom is 0.185 e. The van der Waals surface area contributed by atoms with Gasteiger partial charge in [0.05, 0.1) is 12.3 Å². The van der Waals surface area contributed by atoms with Crippen molar-refractivity contribution in [3.8, 4) is 11.8 Å². The number of nitrogens with zero attached hydrogens (tertiary/aromatic N) is 4. The lowest BCUT2D eigenvalue weighted by Crippen LogP contribution is -2.05. The van der Waals surface area contributed by atoms with Crippen molar-refractivity contribution in [1.82, 2.24) is 15.0 Å². The number of aryl methyl sites for hydroxylation is 1. The summed E-state index contributed by atoms with van der Waals surface area (Å²) in [5, 5.41) is 16.5. The predicted molar refractivity (Wildman–Crippen MR) is 70.6 cm³/mol. The highest BCUT2D eigenvalue weighted by molar-refractivity contribution is 5.23. The highest BCUT2D eigenvalue weighted by atomic mass is 16.5. The molecular formula is C14H16N4O. The molecule has 0 amide bonds. The molecule has 0 aliphatic carbocycles. The molecule has 2 aromatic rings. The van der Waals surface area contributed by atoms with Gasteiger partial charge in [-0.1, -0.05) is 23.4 Å². The van der Waals surface area contributed by atoms with E-state index in [0.29, 0.717) is 12.3 Å². The summed E-state index contributed by atoms with van der Waals surface area (Å²) in [4.78, 5) is 0. The van der Waals surface area contributed by atoms with Gasteiger partial charge in [-0.2, -0.15) is 5.26 Å². The molecule has 1 aromatic heterocycles. The highest BCUT2D eigenvalue weighted by Gasteiger charge is 2.06. The predicted octanol–water partition coefficient (Wildman–Crippen LogP) is 2.32. The number of para-hydroxylation sites is 1. The van der Waals surface area contributed by atoms with Crippen molar-refractivity contribution in [2.24, 2.45) is 0 Å². The van der Waals surface area contributed by atoms with Crippen LogP contribution < -0.4 is 4.74 Å². The quantitative estimate of drug-likeness (QED) is 0.744. The number of rotatable bonds is 6. The number of aromatic nitrogens is 3. The molecule has 0 saturated carbocycles. The normalized spacial score (nSPS) is 10.1. The lowest BCUT2D eigenvalue weighted by Gasteiger charge is -2.06. The highest BCUT2D eigenvalue weighted by Crippen LogP contribution is 2.09. The van der Waals surface area contributed by atoms with Crippen molar-refractivity contribution in [2.45, 2.75) is 26.3 Å². The molecule has 0 atom stereocenters. The Morgan fingerprint density at radius 3 is 2.74 bits per heavy atom. The molecule has 0 aliphatic rings. The fourth-order valence-electron chi connectivity index (χ4n) is 1.75. The number of ether oxygens (including phenoxy) is 1. The van der Waals surface area contributed by atoms with Gasteiger partial charge < -0.3 is 4.74 Å². The van der Waals surface area contributed by atoms with Crippen LogP contribution in [0.5, 0.6) is 5.75 Å². The lowest BCUT2D eigenvalue weighted by molar-refractivity contribution is 0.301. The molecule has 2 rings (SSSR count). The van der Waals surface area contributed by atoms with E-state index in [1.807, 2.05) is 43.3 Å².